The van der Waals surface area contributed by atoms with E-state index in [1.807, 2.05) is 47.4 Å². The molecule has 3 atom stereocenters. The fourth-order valence-electron chi connectivity index (χ4n) is 6.26. The number of amides is 1. The summed E-state index contributed by atoms with van der Waals surface area (Å²) in [5.41, 5.74) is 4.00. The summed E-state index contributed by atoms with van der Waals surface area (Å²) in [5.74, 6) is 0.592. The van der Waals surface area contributed by atoms with Gasteiger partial charge in [-0.25, -0.2) is 4.79 Å². The summed E-state index contributed by atoms with van der Waals surface area (Å²) in [4.78, 5) is 15.0. The van der Waals surface area contributed by atoms with Crippen LogP contribution in [0.5, 0.6) is 5.75 Å². The topological polar surface area (TPSA) is 70.0 Å². The molecular weight excluding hydrogens is 378 g/mol. The molecule has 5 heteroatoms. The van der Waals surface area contributed by atoms with Crippen molar-refractivity contribution in [2.45, 2.75) is 63.2 Å². The zero-order valence-corrected chi connectivity index (χ0v) is 17.2. The lowest BCUT2D eigenvalue weighted by Gasteiger charge is -2.58. The number of ether oxygens (including phenoxy) is 1. The molecule has 2 N–H and O–H groups in total. The van der Waals surface area contributed by atoms with E-state index in [9.17, 15) is 15.0 Å². The van der Waals surface area contributed by atoms with Gasteiger partial charge < -0.3 is 19.8 Å². The average Bonchev–Trinajstić information content (AvgIpc) is 2.78. The van der Waals surface area contributed by atoms with Gasteiger partial charge in [0.25, 0.3) is 0 Å². The Hall–Kier alpha value is -2.53. The molecule has 1 amide bonds. The number of likely N-dealkylation sites (tertiary alicyclic amines) is 1. The van der Waals surface area contributed by atoms with Gasteiger partial charge in [-0.05, 0) is 60.4 Å². The second kappa shape index (κ2) is 7.62. The summed E-state index contributed by atoms with van der Waals surface area (Å²) in [6, 6.07) is 13.8. The van der Waals surface area contributed by atoms with E-state index in [0.717, 1.165) is 31.2 Å². The van der Waals surface area contributed by atoms with Gasteiger partial charge >= 0.3 is 6.09 Å². The predicted molar refractivity (Wildman–Crippen MR) is 113 cm³/mol. The Labute approximate surface area is 177 Å². The van der Waals surface area contributed by atoms with Crippen LogP contribution in [0.3, 0.4) is 0 Å². The maximum Gasteiger partial charge on any atom is 0.410 e. The second-order valence-electron chi connectivity index (χ2n) is 9.06. The monoisotopic (exact) mass is 407 g/mol. The van der Waals surface area contributed by atoms with E-state index in [1.165, 1.54) is 24.0 Å². The number of hydrogen-bond donors (Lipinski definition) is 2. The Bertz CT molecular complexity index is 944. The number of hydrogen-bond acceptors (Lipinski definition) is 4. The van der Waals surface area contributed by atoms with Crippen molar-refractivity contribution < 1.29 is 19.7 Å². The number of nitrogens with zero attached hydrogens (tertiary/aromatic N) is 1. The molecule has 1 aliphatic heterocycles. The normalized spacial score (nSPS) is 27.2. The number of piperidine rings is 1. The molecule has 3 aliphatic rings. The number of aliphatic hydroxyl groups is 1. The van der Waals surface area contributed by atoms with Gasteiger partial charge in [0.15, 0.2) is 0 Å². The SMILES string of the molecule is O=C(OCc1ccccc1)N1CC[C@@]23CCCC[C@@H]2[C@@H]1Cc1cc(CO)c(O)cc13. The molecule has 2 fully saturated rings. The Balaban J connectivity index is 1.44. The molecule has 5 nitrogen and oxygen atoms in total. The number of carbonyl (C=O) groups is 1. The van der Waals surface area contributed by atoms with Gasteiger partial charge in [-0.1, -0.05) is 43.2 Å². The summed E-state index contributed by atoms with van der Waals surface area (Å²) in [5, 5.41) is 20.1. The highest BCUT2D eigenvalue weighted by molar-refractivity contribution is 5.69. The lowest BCUT2D eigenvalue weighted by Crippen LogP contribution is -2.62. The highest BCUT2D eigenvalue weighted by atomic mass is 16.6. The smallest absolute Gasteiger partial charge is 0.410 e. The van der Waals surface area contributed by atoms with Crippen molar-refractivity contribution in [3.05, 3.63) is 64.7 Å². The van der Waals surface area contributed by atoms with Gasteiger partial charge in [-0.15, -0.1) is 0 Å². The highest BCUT2D eigenvalue weighted by Gasteiger charge is 2.55. The van der Waals surface area contributed by atoms with E-state index in [0.29, 0.717) is 18.0 Å². The predicted octanol–water partition coefficient (Wildman–Crippen LogP) is 4.28. The van der Waals surface area contributed by atoms with Gasteiger partial charge in [-0.3, -0.25) is 0 Å². The fourth-order valence-corrected chi connectivity index (χ4v) is 6.26. The zero-order valence-electron chi connectivity index (χ0n) is 17.2. The molecule has 158 valence electrons. The summed E-state index contributed by atoms with van der Waals surface area (Å²) in [6.07, 6.45) is 6.01. The van der Waals surface area contributed by atoms with Crippen LogP contribution in [0.1, 0.15) is 54.4 Å². The Morgan fingerprint density at radius 1 is 1.17 bits per heavy atom. The van der Waals surface area contributed by atoms with Crippen molar-refractivity contribution in [1.82, 2.24) is 4.90 Å². The van der Waals surface area contributed by atoms with Crippen LogP contribution >= 0.6 is 0 Å². The van der Waals surface area contributed by atoms with Crippen molar-refractivity contribution >= 4 is 6.09 Å². The van der Waals surface area contributed by atoms with Crippen LogP contribution in [0.2, 0.25) is 0 Å². The van der Waals surface area contributed by atoms with E-state index < -0.39 is 0 Å². The summed E-state index contributed by atoms with van der Waals surface area (Å²) >= 11 is 0. The van der Waals surface area contributed by atoms with E-state index in [2.05, 4.69) is 0 Å². The van der Waals surface area contributed by atoms with Crippen molar-refractivity contribution in [3.63, 3.8) is 0 Å². The first-order chi connectivity index (χ1) is 14.6. The summed E-state index contributed by atoms with van der Waals surface area (Å²) in [7, 11) is 0. The van der Waals surface area contributed by atoms with Gasteiger partial charge in [-0.2, -0.15) is 0 Å². The minimum Gasteiger partial charge on any atom is -0.508 e. The minimum absolute atomic E-state index is 0.0260. The van der Waals surface area contributed by atoms with Crippen LogP contribution in [0.4, 0.5) is 4.79 Å². The van der Waals surface area contributed by atoms with Gasteiger partial charge in [0.2, 0.25) is 0 Å². The van der Waals surface area contributed by atoms with E-state index >= 15 is 0 Å². The molecule has 5 rings (SSSR count). The first-order valence-electron chi connectivity index (χ1n) is 11.1. The molecular formula is C25H29NO4. The van der Waals surface area contributed by atoms with Crippen molar-refractivity contribution in [1.29, 1.82) is 0 Å². The zero-order chi connectivity index (χ0) is 20.7. The third kappa shape index (κ3) is 3.07. The maximum absolute atomic E-state index is 13.1. The van der Waals surface area contributed by atoms with Crippen LogP contribution in [-0.2, 0) is 29.8 Å². The largest absolute Gasteiger partial charge is 0.508 e. The standard InChI is InChI=1S/C25H29NO4/c27-15-19-12-18-13-22-20-8-4-5-9-25(20,21(18)14-23(19)28)10-11-26(22)24(29)30-16-17-6-2-1-3-7-17/h1-3,6-7,12,14,20,22,27-28H,4-5,8-11,13,15-16H2/t20-,22+,25+/m1/s1. The van der Waals surface area contributed by atoms with Gasteiger partial charge in [0.05, 0.1) is 6.61 Å². The van der Waals surface area contributed by atoms with Crippen molar-refractivity contribution in [2.24, 2.45) is 5.92 Å². The quantitative estimate of drug-likeness (QED) is 0.797. The first kappa shape index (κ1) is 19.4. The molecule has 1 heterocycles. The third-order valence-electron chi connectivity index (χ3n) is 7.64. The summed E-state index contributed by atoms with van der Waals surface area (Å²) in [6.45, 7) is 0.803. The lowest BCUT2D eigenvalue weighted by molar-refractivity contribution is -0.0137. The van der Waals surface area contributed by atoms with Gasteiger partial charge in [0, 0.05) is 23.6 Å². The molecule has 1 saturated heterocycles. The number of aliphatic hydroxyl groups excluding tert-OH is 1. The fraction of sp³-hybridized carbons (Fsp3) is 0.480. The molecule has 0 radical (unpaired) electrons. The van der Waals surface area contributed by atoms with Crippen LogP contribution in [0, 0.1) is 5.92 Å². The number of aromatic hydroxyl groups is 1. The first-order valence-corrected chi connectivity index (χ1v) is 11.1. The van der Waals surface area contributed by atoms with Crippen molar-refractivity contribution in [2.75, 3.05) is 6.54 Å². The summed E-state index contributed by atoms with van der Waals surface area (Å²) < 4.78 is 5.70. The lowest BCUT2D eigenvalue weighted by atomic mass is 9.52. The molecule has 0 spiro atoms. The second-order valence-corrected chi connectivity index (χ2v) is 9.06. The molecule has 30 heavy (non-hydrogen) atoms. The number of phenols is 1. The van der Waals surface area contributed by atoms with E-state index in [4.69, 9.17) is 4.74 Å². The molecule has 2 aromatic rings. The van der Waals surface area contributed by atoms with Crippen molar-refractivity contribution in [3.8, 4) is 5.75 Å². The van der Waals surface area contributed by atoms with E-state index in [1.54, 1.807) is 0 Å². The molecule has 2 bridgehead atoms. The Morgan fingerprint density at radius 3 is 2.80 bits per heavy atom. The van der Waals surface area contributed by atoms with Crippen LogP contribution < -0.4 is 0 Å². The Kier molecular flexibility index (Phi) is 4.94. The molecule has 2 aliphatic carbocycles. The number of benzene rings is 2. The minimum atomic E-state index is -0.229. The number of rotatable bonds is 3. The molecule has 1 saturated carbocycles. The van der Waals surface area contributed by atoms with E-state index in [-0.39, 0.29) is 36.5 Å². The molecule has 0 aromatic heterocycles. The third-order valence-corrected chi connectivity index (χ3v) is 7.64. The highest BCUT2D eigenvalue weighted by Crippen LogP contribution is 2.56. The number of fused-ring (bicyclic) bond motifs is 1. The van der Waals surface area contributed by atoms with Crippen LogP contribution in [0.15, 0.2) is 42.5 Å². The molecule has 2 aromatic carbocycles. The van der Waals surface area contributed by atoms with Gasteiger partial charge in [0.1, 0.15) is 12.4 Å². The maximum atomic E-state index is 13.1. The number of carbonyl (C=O) groups excluding carboxylic acids is 1. The molecule has 0 unspecified atom stereocenters. The van der Waals surface area contributed by atoms with Crippen LogP contribution in [-0.4, -0.2) is 33.8 Å². The Morgan fingerprint density at radius 2 is 2.00 bits per heavy atom. The van der Waals surface area contributed by atoms with Crippen LogP contribution in [0.25, 0.3) is 0 Å². The average molecular weight is 408 g/mol.